The Bertz CT molecular complexity index is 1290. The van der Waals surface area contributed by atoms with Crippen LogP contribution in [-0.4, -0.2) is 53.6 Å². The molecule has 1 aromatic heterocycles. The molecular formula is C23H25N5O4S3. The summed E-state index contributed by atoms with van der Waals surface area (Å²) in [6, 6.07) is 13.5. The fourth-order valence-corrected chi connectivity index (χ4v) is 6.56. The van der Waals surface area contributed by atoms with E-state index in [1.807, 2.05) is 24.3 Å². The number of sulfonamides is 1. The van der Waals surface area contributed by atoms with Crippen molar-refractivity contribution in [2.75, 3.05) is 29.5 Å². The van der Waals surface area contributed by atoms with Crippen LogP contribution in [0.4, 0.5) is 10.8 Å². The lowest BCUT2D eigenvalue weighted by Gasteiger charge is -2.15. The molecule has 0 atom stereocenters. The third-order valence-corrected chi connectivity index (χ3v) is 9.30. The summed E-state index contributed by atoms with van der Waals surface area (Å²) in [7, 11) is -3.53. The van der Waals surface area contributed by atoms with Gasteiger partial charge in [-0.1, -0.05) is 42.2 Å². The summed E-state index contributed by atoms with van der Waals surface area (Å²) in [6.45, 7) is 3.12. The van der Waals surface area contributed by atoms with Crippen molar-refractivity contribution >= 4 is 55.8 Å². The van der Waals surface area contributed by atoms with Gasteiger partial charge in [-0.05, 0) is 61.2 Å². The van der Waals surface area contributed by atoms with Crippen LogP contribution in [0.5, 0.6) is 0 Å². The molecule has 2 aromatic carbocycles. The third kappa shape index (κ3) is 6.45. The lowest BCUT2D eigenvalue weighted by molar-refractivity contribution is -0.113. The van der Waals surface area contributed by atoms with Gasteiger partial charge in [0.15, 0.2) is 4.34 Å². The number of rotatable bonds is 9. The summed E-state index contributed by atoms with van der Waals surface area (Å²) >= 11 is 2.39. The maximum Gasteiger partial charge on any atom is 0.257 e. The lowest BCUT2D eigenvalue weighted by atomic mass is 10.1. The normalized spacial score (nSPS) is 14.1. The largest absolute Gasteiger partial charge is 0.325 e. The summed E-state index contributed by atoms with van der Waals surface area (Å²) in [5.74, 6) is -0.425. The second-order valence-corrected chi connectivity index (χ2v) is 12.0. The predicted molar refractivity (Wildman–Crippen MR) is 137 cm³/mol. The van der Waals surface area contributed by atoms with Crippen molar-refractivity contribution in [3.8, 4) is 0 Å². The van der Waals surface area contributed by atoms with E-state index in [4.69, 9.17) is 0 Å². The van der Waals surface area contributed by atoms with E-state index in [2.05, 4.69) is 27.8 Å². The van der Waals surface area contributed by atoms with Gasteiger partial charge in [0.2, 0.25) is 21.1 Å². The van der Waals surface area contributed by atoms with Gasteiger partial charge in [-0.25, -0.2) is 8.42 Å². The number of anilines is 2. The molecule has 1 aliphatic rings. The van der Waals surface area contributed by atoms with Gasteiger partial charge >= 0.3 is 0 Å². The Balaban J connectivity index is 1.28. The van der Waals surface area contributed by atoms with Crippen molar-refractivity contribution in [1.29, 1.82) is 0 Å². The fourth-order valence-electron chi connectivity index (χ4n) is 3.49. The molecule has 2 heterocycles. The Kier molecular flexibility index (Phi) is 8.16. The van der Waals surface area contributed by atoms with Crippen molar-refractivity contribution in [2.45, 2.75) is 35.4 Å². The molecule has 2 N–H and O–H groups in total. The van der Waals surface area contributed by atoms with Gasteiger partial charge < -0.3 is 5.32 Å². The molecule has 0 saturated carbocycles. The molecule has 4 rings (SSSR count). The molecule has 0 radical (unpaired) electrons. The molecule has 2 amide bonds. The molecular weight excluding hydrogens is 506 g/mol. The quantitative estimate of drug-likeness (QED) is 0.318. The fraction of sp³-hybridized carbons (Fsp3) is 0.304. The number of carbonyl (C=O) groups excluding carboxylic acids is 2. The minimum atomic E-state index is -3.53. The van der Waals surface area contributed by atoms with Crippen LogP contribution in [0.15, 0.2) is 57.8 Å². The monoisotopic (exact) mass is 531 g/mol. The zero-order valence-corrected chi connectivity index (χ0v) is 21.5. The smallest absolute Gasteiger partial charge is 0.257 e. The molecule has 9 nitrogen and oxygen atoms in total. The Labute approximate surface area is 212 Å². The maximum atomic E-state index is 12.6. The second kappa shape index (κ2) is 11.3. The SMILES string of the molecule is CCc1ccc(NC(=O)CSc2nnc(NC(=O)c3ccc(S(=O)(=O)N4CCCC4)cc3)s2)cc1. The molecule has 1 saturated heterocycles. The molecule has 3 aromatic rings. The third-order valence-electron chi connectivity index (χ3n) is 5.42. The highest BCUT2D eigenvalue weighted by molar-refractivity contribution is 8.01. The van der Waals surface area contributed by atoms with Crippen LogP contribution in [0, 0.1) is 0 Å². The highest BCUT2D eigenvalue weighted by Crippen LogP contribution is 2.26. The number of thioether (sulfide) groups is 1. The summed E-state index contributed by atoms with van der Waals surface area (Å²) in [4.78, 5) is 24.9. The second-order valence-electron chi connectivity index (χ2n) is 7.85. The highest BCUT2D eigenvalue weighted by atomic mass is 32.2. The van der Waals surface area contributed by atoms with Crippen molar-refractivity contribution < 1.29 is 18.0 Å². The lowest BCUT2D eigenvalue weighted by Crippen LogP contribution is -2.27. The molecule has 184 valence electrons. The van der Waals surface area contributed by atoms with Crippen LogP contribution in [0.2, 0.25) is 0 Å². The molecule has 0 bridgehead atoms. The van der Waals surface area contributed by atoms with Crippen LogP contribution < -0.4 is 10.6 Å². The zero-order chi connectivity index (χ0) is 24.8. The van der Waals surface area contributed by atoms with Gasteiger partial charge in [0, 0.05) is 24.3 Å². The number of hydrogen-bond donors (Lipinski definition) is 2. The Hall–Kier alpha value is -2.80. The van der Waals surface area contributed by atoms with Crippen molar-refractivity contribution in [3.63, 3.8) is 0 Å². The Morgan fingerprint density at radius 2 is 1.69 bits per heavy atom. The minimum Gasteiger partial charge on any atom is -0.325 e. The molecule has 35 heavy (non-hydrogen) atoms. The summed E-state index contributed by atoms with van der Waals surface area (Å²) in [5, 5.41) is 13.8. The minimum absolute atomic E-state index is 0.158. The summed E-state index contributed by atoms with van der Waals surface area (Å²) in [5.41, 5.74) is 2.24. The number of aromatic nitrogens is 2. The van der Waals surface area contributed by atoms with E-state index >= 15 is 0 Å². The van der Waals surface area contributed by atoms with Crippen LogP contribution >= 0.6 is 23.1 Å². The first-order valence-electron chi connectivity index (χ1n) is 11.1. The molecule has 1 fully saturated rings. The van der Waals surface area contributed by atoms with E-state index in [1.54, 1.807) is 0 Å². The molecule has 0 spiro atoms. The van der Waals surface area contributed by atoms with Crippen molar-refractivity contribution in [2.24, 2.45) is 0 Å². The summed E-state index contributed by atoms with van der Waals surface area (Å²) in [6.07, 6.45) is 2.66. The van der Waals surface area contributed by atoms with Crippen molar-refractivity contribution in [3.05, 3.63) is 59.7 Å². The Morgan fingerprint density at radius 3 is 2.34 bits per heavy atom. The van der Waals surface area contributed by atoms with Gasteiger partial charge in [-0.2, -0.15) is 4.31 Å². The topological polar surface area (TPSA) is 121 Å². The van der Waals surface area contributed by atoms with Gasteiger partial charge in [0.05, 0.1) is 10.6 Å². The van der Waals surface area contributed by atoms with Gasteiger partial charge in [0.1, 0.15) is 0 Å². The van der Waals surface area contributed by atoms with Gasteiger partial charge in [-0.15, -0.1) is 10.2 Å². The number of hydrogen-bond acceptors (Lipinski definition) is 8. The predicted octanol–water partition coefficient (Wildman–Crippen LogP) is 3.87. The van der Waals surface area contributed by atoms with Crippen LogP contribution in [0.3, 0.4) is 0 Å². The van der Waals surface area contributed by atoms with E-state index < -0.39 is 15.9 Å². The summed E-state index contributed by atoms with van der Waals surface area (Å²) < 4.78 is 27.3. The molecule has 1 aliphatic heterocycles. The van der Waals surface area contributed by atoms with E-state index in [-0.39, 0.29) is 16.6 Å². The maximum absolute atomic E-state index is 12.6. The first-order chi connectivity index (χ1) is 16.8. The average molecular weight is 532 g/mol. The van der Waals surface area contributed by atoms with Crippen LogP contribution in [0.25, 0.3) is 0 Å². The van der Waals surface area contributed by atoms with E-state index in [1.165, 1.54) is 45.9 Å². The number of aryl methyl sites for hydroxylation is 1. The first-order valence-corrected chi connectivity index (χ1v) is 14.4. The van der Waals surface area contributed by atoms with E-state index in [9.17, 15) is 18.0 Å². The van der Waals surface area contributed by atoms with Gasteiger partial charge in [-0.3, -0.25) is 14.9 Å². The number of nitrogens with one attached hydrogen (secondary N) is 2. The number of carbonyl (C=O) groups is 2. The van der Waals surface area contributed by atoms with Gasteiger partial charge in [0.25, 0.3) is 5.91 Å². The number of benzene rings is 2. The zero-order valence-electron chi connectivity index (χ0n) is 19.1. The molecule has 12 heteroatoms. The Morgan fingerprint density at radius 1 is 1.00 bits per heavy atom. The number of amides is 2. The average Bonchev–Trinajstić information content (AvgIpc) is 3.56. The van der Waals surface area contributed by atoms with Crippen molar-refractivity contribution in [1.82, 2.24) is 14.5 Å². The molecule has 0 aliphatic carbocycles. The molecule has 0 unspecified atom stereocenters. The standard InChI is InChI=1S/C23H25N5O4S3/c1-2-16-5-9-18(10-6-16)24-20(29)15-33-23-27-26-22(34-23)25-21(30)17-7-11-19(12-8-17)35(31,32)28-13-3-4-14-28/h5-12H,2-4,13-15H2,1H3,(H,24,29)(H,25,26,30). The highest BCUT2D eigenvalue weighted by Gasteiger charge is 2.27. The van der Waals surface area contributed by atoms with Crippen LogP contribution in [-0.2, 0) is 21.2 Å². The first kappa shape index (κ1) is 25.3. The van der Waals surface area contributed by atoms with E-state index in [0.717, 1.165) is 36.3 Å². The number of nitrogens with zero attached hydrogens (tertiary/aromatic N) is 3. The van der Waals surface area contributed by atoms with Crippen LogP contribution in [0.1, 0.15) is 35.7 Å². The van der Waals surface area contributed by atoms with E-state index in [0.29, 0.717) is 28.1 Å².